The van der Waals surface area contributed by atoms with Gasteiger partial charge in [0.05, 0.1) is 5.60 Å². The summed E-state index contributed by atoms with van der Waals surface area (Å²) in [6.07, 6.45) is 1.44. The number of fused-ring (bicyclic) bond motifs is 1. The van der Waals surface area contributed by atoms with Crippen LogP contribution >= 0.6 is 0 Å². The summed E-state index contributed by atoms with van der Waals surface area (Å²) in [7, 11) is 0. The summed E-state index contributed by atoms with van der Waals surface area (Å²) in [5, 5.41) is 25.7. The molecule has 0 aliphatic rings. The van der Waals surface area contributed by atoms with E-state index in [1.165, 1.54) is 0 Å². The van der Waals surface area contributed by atoms with Crippen LogP contribution in [0.4, 0.5) is 0 Å². The molecule has 0 spiro atoms. The van der Waals surface area contributed by atoms with Gasteiger partial charge < -0.3 is 15.5 Å². The van der Waals surface area contributed by atoms with Crippen LogP contribution in [0.3, 0.4) is 0 Å². The van der Waals surface area contributed by atoms with Gasteiger partial charge in [0, 0.05) is 18.7 Å². The highest BCUT2D eigenvalue weighted by Crippen LogP contribution is 2.27. The van der Waals surface area contributed by atoms with Crippen LogP contribution in [0.1, 0.15) is 32.3 Å². The van der Waals surface area contributed by atoms with E-state index in [0.717, 1.165) is 29.2 Å². The molecule has 2 aromatic carbocycles. The second kappa shape index (κ2) is 6.25. The molecule has 0 aliphatic carbocycles. The number of phenolic OH excluding ortho intramolecular Hbond substituents is 1. The van der Waals surface area contributed by atoms with Crippen LogP contribution in [0.5, 0.6) is 5.75 Å². The number of hydrogen-bond donors (Lipinski definition) is 3. The third kappa shape index (κ3) is 3.11. The number of aliphatic hydroxyl groups is 1. The highest BCUT2D eigenvalue weighted by atomic mass is 16.3. The molecule has 3 N–H and O–H groups in total. The van der Waals surface area contributed by atoms with Crippen molar-refractivity contribution in [3.63, 3.8) is 0 Å². The van der Waals surface area contributed by atoms with Gasteiger partial charge in [0.25, 0.3) is 0 Å². The Morgan fingerprint density at radius 1 is 1.05 bits per heavy atom. The minimum absolute atomic E-state index is 0.299. The smallest absolute Gasteiger partial charge is 0.120 e. The minimum Gasteiger partial charge on any atom is -0.508 e. The van der Waals surface area contributed by atoms with Crippen LogP contribution < -0.4 is 5.32 Å². The molecule has 0 saturated carbocycles. The SMILES string of the molecule is CCC(O)(CC)CNCc1c(O)ccc2ccccc12. The molecular formula is C17H23NO2. The average molecular weight is 273 g/mol. The van der Waals surface area contributed by atoms with Crippen molar-refractivity contribution in [2.75, 3.05) is 6.54 Å². The van der Waals surface area contributed by atoms with E-state index in [2.05, 4.69) is 5.32 Å². The lowest BCUT2D eigenvalue weighted by Gasteiger charge is -2.25. The van der Waals surface area contributed by atoms with Crippen LogP contribution in [-0.4, -0.2) is 22.4 Å². The van der Waals surface area contributed by atoms with Gasteiger partial charge in [0.15, 0.2) is 0 Å². The Bertz CT molecular complexity index is 576. The highest BCUT2D eigenvalue weighted by Gasteiger charge is 2.21. The van der Waals surface area contributed by atoms with Gasteiger partial charge in [-0.1, -0.05) is 44.2 Å². The lowest BCUT2D eigenvalue weighted by Crippen LogP contribution is -2.39. The quantitative estimate of drug-likeness (QED) is 0.757. The molecule has 3 nitrogen and oxygen atoms in total. The minimum atomic E-state index is -0.666. The molecule has 0 heterocycles. The van der Waals surface area contributed by atoms with Gasteiger partial charge >= 0.3 is 0 Å². The first-order chi connectivity index (χ1) is 9.59. The monoisotopic (exact) mass is 273 g/mol. The molecule has 0 amide bonds. The summed E-state index contributed by atoms with van der Waals surface area (Å²) in [4.78, 5) is 0. The molecule has 0 atom stereocenters. The van der Waals surface area contributed by atoms with E-state index >= 15 is 0 Å². The molecule has 2 aromatic rings. The standard InChI is InChI=1S/C17H23NO2/c1-3-17(20,4-2)12-18-11-15-14-8-6-5-7-13(14)9-10-16(15)19/h5-10,18-20H,3-4,11-12H2,1-2H3. The molecule has 0 aromatic heterocycles. The van der Waals surface area contributed by atoms with Gasteiger partial charge in [-0.15, -0.1) is 0 Å². The van der Waals surface area contributed by atoms with Crippen LogP contribution in [0, 0.1) is 0 Å². The van der Waals surface area contributed by atoms with E-state index < -0.39 is 5.60 Å². The van der Waals surface area contributed by atoms with Gasteiger partial charge in [-0.25, -0.2) is 0 Å². The molecule has 0 saturated heterocycles. The molecule has 0 radical (unpaired) electrons. The summed E-state index contributed by atoms with van der Waals surface area (Å²) in [5.74, 6) is 0.299. The zero-order chi connectivity index (χ0) is 14.6. The van der Waals surface area contributed by atoms with E-state index in [4.69, 9.17) is 0 Å². The number of aromatic hydroxyl groups is 1. The molecule has 0 fully saturated rings. The van der Waals surface area contributed by atoms with E-state index in [-0.39, 0.29) is 0 Å². The van der Waals surface area contributed by atoms with Crippen molar-refractivity contribution in [3.8, 4) is 5.75 Å². The van der Waals surface area contributed by atoms with Crippen LogP contribution in [-0.2, 0) is 6.54 Å². The number of hydrogen-bond acceptors (Lipinski definition) is 3. The molecular weight excluding hydrogens is 250 g/mol. The second-order valence-electron chi connectivity index (χ2n) is 5.32. The maximum Gasteiger partial charge on any atom is 0.120 e. The molecule has 2 rings (SSSR count). The van der Waals surface area contributed by atoms with E-state index in [9.17, 15) is 10.2 Å². The van der Waals surface area contributed by atoms with Gasteiger partial charge in [-0.2, -0.15) is 0 Å². The summed E-state index contributed by atoms with van der Waals surface area (Å²) in [6, 6.07) is 11.7. The highest BCUT2D eigenvalue weighted by molar-refractivity contribution is 5.87. The maximum absolute atomic E-state index is 10.3. The van der Waals surface area contributed by atoms with Crippen molar-refractivity contribution in [1.82, 2.24) is 5.32 Å². The number of benzene rings is 2. The van der Waals surface area contributed by atoms with Crippen LogP contribution in [0.2, 0.25) is 0 Å². The lowest BCUT2D eigenvalue weighted by molar-refractivity contribution is 0.0323. The first-order valence-corrected chi connectivity index (χ1v) is 7.22. The fraction of sp³-hybridized carbons (Fsp3) is 0.412. The fourth-order valence-corrected chi connectivity index (χ4v) is 2.43. The first-order valence-electron chi connectivity index (χ1n) is 7.22. The second-order valence-corrected chi connectivity index (χ2v) is 5.32. The zero-order valence-corrected chi connectivity index (χ0v) is 12.2. The number of nitrogens with one attached hydrogen (secondary N) is 1. The summed E-state index contributed by atoms with van der Waals surface area (Å²) in [6.45, 7) is 5.05. The number of phenols is 1. The van der Waals surface area contributed by atoms with Crippen molar-refractivity contribution >= 4 is 10.8 Å². The van der Waals surface area contributed by atoms with E-state index in [0.29, 0.717) is 18.8 Å². The third-order valence-corrected chi connectivity index (χ3v) is 4.09. The molecule has 0 aliphatic heterocycles. The Balaban J connectivity index is 2.16. The largest absolute Gasteiger partial charge is 0.508 e. The molecule has 0 bridgehead atoms. The van der Waals surface area contributed by atoms with E-state index in [1.807, 2.05) is 44.2 Å². The van der Waals surface area contributed by atoms with Gasteiger partial charge in [-0.3, -0.25) is 0 Å². The van der Waals surface area contributed by atoms with Crippen molar-refractivity contribution in [1.29, 1.82) is 0 Å². The fourth-order valence-electron chi connectivity index (χ4n) is 2.43. The summed E-state index contributed by atoms with van der Waals surface area (Å²) >= 11 is 0. The van der Waals surface area contributed by atoms with Crippen molar-refractivity contribution in [2.45, 2.75) is 38.8 Å². The molecule has 3 heteroatoms. The number of rotatable bonds is 6. The Labute approximate surface area is 120 Å². The average Bonchev–Trinajstić information content (AvgIpc) is 2.49. The Morgan fingerprint density at radius 2 is 1.75 bits per heavy atom. The maximum atomic E-state index is 10.3. The van der Waals surface area contributed by atoms with Crippen molar-refractivity contribution in [3.05, 3.63) is 42.0 Å². The van der Waals surface area contributed by atoms with Crippen LogP contribution in [0.15, 0.2) is 36.4 Å². The van der Waals surface area contributed by atoms with Gasteiger partial charge in [-0.05, 0) is 29.7 Å². The molecule has 0 unspecified atom stereocenters. The Hall–Kier alpha value is -1.58. The molecule has 108 valence electrons. The summed E-state index contributed by atoms with van der Waals surface area (Å²) < 4.78 is 0. The van der Waals surface area contributed by atoms with Gasteiger partial charge in [0.2, 0.25) is 0 Å². The van der Waals surface area contributed by atoms with Crippen molar-refractivity contribution < 1.29 is 10.2 Å². The Kier molecular flexibility index (Phi) is 4.63. The third-order valence-electron chi connectivity index (χ3n) is 4.09. The zero-order valence-electron chi connectivity index (χ0n) is 12.2. The van der Waals surface area contributed by atoms with Crippen molar-refractivity contribution in [2.24, 2.45) is 0 Å². The predicted molar refractivity (Wildman–Crippen MR) is 82.9 cm³/mol. The first kappa shape index (κ1) is 14.8. The normalized spacial score (nSPS) is 11.9. The van der Waals surface area contributed by atoms with E-state index in [1.54, 1.807) is 6.07 Å². The van der Waals surface area contributed by atoms with Gasteiger partial charge in [0.1, 0.15) is 5.75 Å². The molecule has 20 heavy (non-hydrogen) atoms. The Morgan fingerprint density at radius 3 is 2.45 bits per heavy atom. The topological polar surface area (TPSA) is 52.5 Å². The lowest BCUT2D eigenvalue weighted by atomic mass is 9.97. The summed E-state index contributed by atoms with van der Waals surface area (Å²) in [5.41, 5.74) is 0.220. The predicted octanol–water partition coefficient (Wildman–Crippen LogP) is 3.19. The van der Waals surface area contributed by atoms with Crippen LogP contribution in [0.25, 0.3) is 10.8 Å².